The predicted molar refractivity (Wildman–Crippen MR) is 61.9 cm³/mol. The number of thiazole rings is 1. The molecule has 1 atom stereocenters. The minimum absolute atomic E-state index is 0.385. The average molecular weight is 224 g/mol. The standard InChI is InChI=1S/C11H13FN2S/c12-8(5-6-13)7-11-14-9-3-1-2-4-10(9)15-11/h1-4,8H,5-7,13H2. The van der Waals surface area contributed by atoms with Crippen molar-refractivity contribution in [1.29, 1.82) is 0 Å². The summed E-state index contributed by atoms with van der Waals surface area (Å²) in [4.78, 5) is 4.37. The van der Waals surface area contributed by atoms with Gasteiger partial charge in [-0.2, -0.15) is 0 Å². The molecule has 1 unspecified atom stereocenters. The Kier molecular flexibility index (Phi) is 3.28. The molecule has 0 aliphatic rings. The van der Waals surface area contributed by atoms with Crippen molar-refractivity contribution in [3.63, 3.8) is 0 Å². The summed E-state index contributed by atoms with van der Waals surface area (Å²) in [6.07, 6.45) is -0.0671. The van der Waals surface area contributed by atoms with Crippen LogP contribution in [0, 0.1) is 0 Å². The van der Waals surface area contributed by atoms with E-state index in [2.05, 4.69) is 4.98 Å². The number of hydrogen-bond acceptors (Lipinski definition) is 3. The van der Waals surface area contributed by atoms with Gasteiger partial charge in [-0.25, -0.2) is 9.37 Å². The molecular weight excluding hydrogens is 211 g/mol. The van der Waals surface area contributed by atoms with Crippen LogP contribution in [0.25, 0.3) is 10.2 Å². The topological polar surface area (TPSA) is 38.9 Å². The van der Waals surface area contributed by atoms with Crippen LogP contribution in [-0.4, -0.2) is 17.7 Å². The first kappa shape index (κ1) is 10.5. The van der Waals surface area contributed by atoms with Gasteiger partial charge < -0.3 is 5.73 Å². The van der Waals surface area contributed by atoms with Gasteiger partial charge in [0.1, 0.15) is 6.17 Å². The minimum Gasteiger partial charge on any atom is -0.330 e. The van der Waals surface area contributed by atoms with Crippen LogP contribution in [0.5, 0.6) is 0 Å². The van der Waals surface area contributed by atoms with Crippen molar-refractivity contribution in [2.24, 2.45) is 5.73 Å². The van der Waals surface area contributed by atoms with Gasteiger partial charge >= 0.3 is 0 Å². The maximum Gasteiger partial charge on any atom is 0.108 e. The van der Waals surface area contributed by atoms with Crippen LogP contribution in [0.3, 0.4) is 0 Å². The Hall–Kier alpha value is -1.00. The Labute approximate surface area is 91.9 Å². The van der Waals surface area contributed by atoms with Crippen LogP contribution in [0.1, 0.15) is 11.4 Å². The van der Waals surface area contributed by atoms with E-state index in [4.69, 9.17) is 5.73 Å². The first-order valence-electron chi connectivity index (χ1n) is 4.98. The maximum atomic E-state index is 13.3. The first-order chi connectivity index (χ1) is 7.29. The molecule has 2 N–H and O–H groups in total. The smallest absolute Gasteiger partial charge is 0.108 e. The van der Waals surface area contributed by atoms with E-state index in [1.165, 1.54) is 0 Å². The fourth-order valence-electron chi connectivity index (χ4n) is 1.48. The van der Waals surface area contributed by atoms with Crippen LogP contribution in [0.4, 0.5) is 4.39 Å². The molecule has 4 heteroatoms. The number of nitrogens with two attached hydrogens (primary N) is 1. The van der Waals surface area contributed by atoms with E-state index in [1.54, 1.807) is 11.3 Å². The average Bonchev–Trinajstić information content (AvgIpc) is 2.59. The van der Waals surface area contributed by atoms with Crippen molar-refractivity contribution in [2.75, 3.05) is 6.54 Å². The van der Waals surface area contributed by atoms with Gasteiger partial charge in [-0.15, -0.1) is 11.3 Å². The Morgan fingerprint density at radius 2 is 2.20 bits per heavy atom. The van der Waals surface area contributed by atoms with Crippen LogP contribution in [0.15, 0.2) is 24.3 Å². The lowest BCUT2D eigenvalue weighted by Gasteiger charge is -2.02. The van der Waals surface area contributed by atoms with Crippen LogP contribution in [-0.2, 0) is 6.42 Å². The van der Waals surface area contributed by atoms with Crippen molar-refractivity contribution >= 4 is 21.6 Å². The second-order valence-corrected chi connectivity index (χ2v) is 4.57. The molecule has 80 valence electrons. The van der Waals surface area contributed by atoms with Crippen molar-refractivity contribution < 1.29 is 4.39 Å². The predicted octanol–water partition coefficient (Wildman–Crippen LogP) is 2.53. The molecule has 2 nitrogen and oxygen atoms in total. The molecular formula is C11H13FN2S. The molecule has 0 saturated carbocycles. The van der Waals surface area contributed by atoms with Gasteiger partial charge in [0.25, 0.3) is 0 Å². The van der Waals surface area contributed by atoms with Crippen molar-refractivity contribution in [3.8, 4) is 0 Å². The highest BCUT2D eigenvalue weighted by Gasteiger charge is 2.10. The highest BCUT2D eigenvalue weighted by atomic mass is 32.1. The number of halogens is 1. The van der Waals surface area contributed by atoms with E-state index >= 15 is 0 Å². The van der Waals surface area contributed by atoms with Crippen molar-refractivity contribution in [3.05, 3.63) is 29.3 Å². The zero-order chi connectivity index (χ0) is 10.7. The molecule has 2 rings (SSSR count). The maximum absolute atomic E-state index is 13.3. The Morgan fingerprint density at radius 3 is 2.93 bits per heavy atom. The van der Waals surface area contributed by atoms with Crippen LogP contribution in [0.2, 0.25) is 0 Å². The zero-order valence-corrected chi connectivity index (χ0v) is 9.14. The molecule has 2 aromatic rings. The van der Waals surface area contributed by atoms with Gasteiger partial charge in [0.2, 0.25) is 0 Å². The van der Waals surface area contributed by atoms with E-state index in [1.807, 2.05) is 24.3 Å². The van der Waals surface area contributed by atoms with Gasteiger partial charge in [-0.1, -0.05) is 12.1 Å². The van der Waals surface area contributed by atoms with Gasteiger partial charge in [-0.05, 0) is 25.1 Å². The normalized spacial score (nSPS) is 13.2. The van der Waals surface area contributed by atoms with Crippen LogP contribution < -0.4 is 5.73 Å². The fourth-order valence-corrected chi connectivity index (χ4v) is 2.51. The molecule has 1 aromatic carbocycles. The number of benzene rings is 1. The quantitative estimate of drug-likeness (QED) is 0.866. The summed E-state index contributed by atoms with van der Waals surface area (Å²) >= 11 is 1.56. The number of nitrogens with zero attached hydrogens (tertiary/aromatic N) is 1. The molecule has 0 aliphatic carbocycles. The van der Waals surface area contributed by atoms with E-state index < -0.39 is 6.17 Å². The third-order valence-corrected chi connectivity index (χ3v) is 3.27. The van der Waals surface area contributed by atoms with E-state index in [9.17, 15) is 4.39 Å². The number of hydrogen-bond donors (Lipinski definition) is 1. The molecule has 15 heavy (non-hydrogen) atoms. The third kappa shape index (κ3) is 2.52. The summed E-state index contributed by atoms with van der Waals surface area (Å²) in [5, 5.41) is 0.858. The highest BCUT2D eigenvalue weighted by Crippen LogP contribution is 2.23. The van der Waals surface area contributed by atoms with Crippen molar-refractivity contribution in [1.82, 2.24) is 4.98 Å². The molecule has 1 aromatic heterocycles. The number of alkyl halides is 1. The van der Waals surface area contributed by atoms with Gasteiger partial charge in [0, 0.05) is 6.42 Å². The number of fused-ring (bicyclic) bond motifs is 1. The molecule has 0 spiro atoms. The van der Waals surface area contributed by atoms with Gasteiger partial charge in [0.05, 0.1) is 15.2 Å². The summed E-state index contributed by atoms with van der Waals surface area (Å²) in [5.74, 6) is 0. The highest BCUT2D eigenvalue weighted by molar-refractivity contribution is 7.18. The van der Waals surface area contributed by atoms with E-state index in [0.29, 0.717) is 19.4 Å². The second-order valence-electron chi connectivity index (χ2n) is 3.45. The number of aromatic nitrogens is 1. The molecule has 0 saturated heterocycles. The third-order valence-electron chi connectivity index (χ3n) is 2.21. The van der Waals surface area contributed by atoms with Gasteiger partial charge in [0.15, 0.2) is 0 Å². The fraction of sp³-hybridized carbons (Fsp3) is 0.364. The summed E-state index contributed by atoms with van der Waals surface area (Å²) < 4.78 is 14.4. The van der Waals surface area contributed by atoms with Gasteiger partial charge in [-0.3, -0.25) is 0 Å². The molecule has 0 bridgehead atoms. The lowest BCUT2D eigenvalue weighted by molar-refractivity contribution is 0.316. The monoisotopic (exact) mass is 224 g/mol. The molecule has 0 amide bonds. The second kappa shape index (κ2) is 4.68. The number of para-hydroxylation sites is 1. The Balaban J connectivity index is 2.15. The number of rotatable bonds is 4. The lowest BCUT2D eigenvalue weighted by Crippen LogP contribution is -2.11. The van der Waals surface area contributed by atoms with E-state index in [0.717, 1.165) is 15.2 Å². The molecule has 1 heterocycles. The molecule has 0 aliphatic heterocycles. The first-order valence-corrected chi connectivity index (χ1v) is 5.80. The largest absolute Gasteiger partial charge is 0.330 e. The lowest BCUT2D eigenvalue weighted by atomic mass is 10.2. The summed E-state index contributed by atoms with van der Waals surface area (Å²) in [5.41, 5.74) is 6.26. The van der Waals surface area contributed by atoms with Crippen LogP contribution >= 0.6 is 11.3 Å². The van der Waals surface area contributed by atoms with E-state index in [-0.39, 0.29) is 0 Å². The minimum atomic E-state index is -0.865. The van der Waals surface area contributed by atoms with Crippen molar-refractivity contribution in [2.45, 2.75) is 19.0 Å². The summed E-state index contributed by atoms with van der Waals surface area (Å²) in [7, 11) is 0. The SMILES string of the molecule is NCCC(F)Cc1nc2ccccc2s1. The molecule has 0 fully saturated rings. The zero-order valence-electron chi connectivity index (χ0n) is 8.32. The summed E-state index contributed by atoms with van der Waals surface area (Å²) in [6.45, 7) is 0.395. The Morgan fingerprint density at radius 1 is 1.40 bits per heavy atom. The Bertz CT molecular complexity index is 408. The summed E-state index contributed by atoms with van der Waals surface area (Å²) in [6, 6.07) is 7.87. The molecule has 0 radical (unpaired) electrons.